The summed E-state index contributed by atoms with van der Waals surface area (Å²) in [7, 11) is 0. The third-order valence-corrected chi connectivity index (χ3v) is 22.2. The Hall–Kier alpha value is -15.3. The van der Waals surface area contributed by atoms with Crippen LogP contribution < -0.4 is 0 Å². The second-order valence-corrected chi connectivity index (χ2v) is 28.5. The molecule has 9 aromatic heterocycles. The number of rotatable bonds is 9. The van der Waals surface area contributed by atoms with E-state index in [1.54, 1.807) is 12.4 Å². The monoisotopic (exact) mass is 1420 g/mol. The van der Waals surface area contributed by atoms with E-state index in [4.69, 9.17) is 57.5 Å². The number of nitrogens with zero attached hydrogens (tertiary/aromatic N) is 9. The second-order valence-electron chi connectivity index (χ2n) is 28.5. The predicted molar refractivity (Wildman–Crippen MR) is 446 cm³/mol. The van der Waals surface area contributed by atoms with Crippen LogP contribution in [0.5, 0.6) is 0 Å². The zero-order chi connectivity index (χ0) is 72.5. The molecular formula is C98H53N9O4. The maximum absolute atomic E-state index is 7.10. The van der Waals surface area contributed by atoms with Crippen molar-refractivity contribution in [1.29, 1.82) is 0 Å². The Morgan fingerprint density at radius 3 is 1.43 bits per heavy atom. The highest BCUT2D eigenvalue weighted by Gasteiger charge is 2.27. The van der Waals surface area contributed by atoms with Gasteiger partial charge in [0, 0.05) is 105 Å². The van der Waals surface area contributed by atoms with E-state index in [1.165, 1.54) is 0 Å². The summed E-state index contributed by atoms with van der Waals surface area (Å²) >= 11 is 0. The van der Waals surface area contributed by atoms with Crippen LogP contribution in [0.3, 0.4) is 0 Å². The average molecular weight is 1420 g/mol. The summed E-state index contributed by atoms with van der Waals surface area (Å²) in [5.74, 6) is 3.09. The van der Waals surface area contributed by atoms with E-state index in [-0.39, 0.29) is 0 Å². The first kappa shape index (κ1) is 60.9. The first-order valence-electron chi connectivity index (χ1n) is 36.9. The van der Waals surface area contributed by atoms with E-state index < -0.39 is 0 Å². The Labute approximate surface area is 629 Å². The highest BCUT2D eigenvalue weighted by atomic mass is 16.3. The summed E-state index contributed by atoms with van der Waals surface area (Å²) in [6, 6.07) is 108. The maximum Gasteiger partial charge on any atom is 0.228 e. The summed E-state index contributed by atoms with van der Waals surface area (Å²) in [6.07, 6.45) is 3.54. The van der Waals surface area contributed by atoms with Gasteiger partial charge in [-0.25, -0.2) is 39.9 Å². The van der Waals surface area contributed by atoms with Crippen molar-refractivity contribution >= 4 is 153 Å². The number of aromatic nitrogens is 9. The Balaban J connectivity index is 0.623. The lowest BCUT2D eigenvalue weighted by Crippen LogP contribution is -2.00. The number of benzene rings is 15. The predicted octanol–water partition coefficient (Wildman–Crippen LogP) is 25.5. The molecular weight excluding hydrogens is 1370 g/mol. The van der Waals surface area contributed by atoms with Crippen LogP contribution >= 0.6 is 0 Å². The molecule has 0 aliphatic heterocycles. The van der Waals surface area contributed by atoms with Gasteiger partial charge in [-0.05, 0) is 128 Å². The summed E-state index contributed by atoms with van der Waals surface area (Å²) in [6.45, 7) is 0. The van der Waals surface area contributed by atoms with E-state index in [2.05, 4.69) is 247 Å². The molecule has 0 N–H and O–H groups in total. The fraction of sp³-hybridized carbons (Fsp3) is 0. The van der Waals surface area contributed by atoms with Crippen LogP contribution in [0, 0.1) is 0 Å². The Bertz CT molecular complexity index is 8130. The van der Waals surface area contributed by atoms with Crippen LogP contribution in [0.15, 0.2) is 339 Å². The largest absolute Gasteiger partial charge is 0.456 e. The van der Waals surface area contributed by atoms with E-state index in [1.807, 2.05) is 66.7 Å². The van der Waals surface area contributed by atoms with Crippen LogP contribution in [-0.2, 0) is 0 Å². The minimum Gasteiger partial charge on any atom is -0.456 e. The van der Waals surface area contributed by atoms with E-state index in [0.29, 0.717) is 57.5 Å². The standard InChI is InChI=1S/C98H53N9O4/c1-2-17-57(18-3-1)91-101-93(105-95(103-91)76-43-45-99-97-85(76)74-27-13-25-72(89(74)110-97)71-24-12-26-73-79-51-59-20-6-7-21-60(59)52-84(79)109-88(71)73)64-36-33-55-31-34-61(48-66(55)49-64)62-39-42-80-78(50-62)70-41-37-56-16-8-9-22-67(56)87(70)107(80)81-29-14-28-75-86-77(44-46-100-98(86)111-90(75)81)96-104-92(63-35-32-54-15-4-5-19-58(54)47-63)102-94(106-96)65-38-40-69-68-23-10-11-30-82(68)108-83(69)53-65/h1-53H. The Morgan fingerprint density at radius 2 is 0.703 bits per heavy atom. The van der Waals surface area contributed by atoms with Gasteiger partial charge < -0.3 is 22.2 Å². The molecule has 13 nitrogen and oxygen atoms in total. The summed E-state index contributed by atoms with van der Waals surface area (Å²) in [5, 5.41) is 18.5. The first-order chi connectivity index (χ1) is 54.9. The molecule has 111 heavy (non-hydrogen) atoms. The number of hydrogen-bond donors (Lipinski definition) is 0. The first-order valence-corrected chi connectivity index (χ1v) is 36.9. The van der Waals surface area contributed by atoms with Gasteiger partial charge in [-0.2, -0.15) is 0 Å². The van der Waals surface area contributed by atoms with Crippen molar-refractivity contribution < 1.29 is 17.7 Å². The van der Waals surface area contributed by atoms with Gasteiger partial charge >= 0.3 is 0 Å². The molecule has 0 saturated heterocycles. The van der Waals surface area contributed by atoms with Gasteiger partial charge in [0.2, 0.25) is 11.4 Å². The highest BCUT2D eigenvalue weighted by Crippen LogP contribution is 2.47. The lowest BCUT2D eigenvalue weighted by Gasteiger charge is -2.11. The minimum atomic E-state index is 0.462. The quantitative estimate of drug-likeness (QED) is 0.135. The van der Waals surface area contributed by atoms with Crippen molar-refractivity contribution in [2.45, 2.75) is 0 Å². The van der Waals surface area contributed by atoms with Crippen LogP contribution in [0.2, 0.25) is 0 Å². The van der Waals surface area contributed by atoms with Gasteiger partial charge in [0.1, 0.15) is 27.9 Å². The average Bonchev–Trinajstić information content (AvgIpc) is 1.55. The number of furan rings is 4. The van der Waals surface area contributed by atoms with Crippen molar-refractivity contribution in [1.82, 2.24) is 44.4 Å². The van der Waals surface area contributed by atoms with Crippen LogP contribution in [0.25, 0.3) is 249 Å². The number of para-hydroxylation sites is 4. The normalized spacial score (nSPS) is 12.1. The molecule has 9 heterocycles. The molecule has 0 radical (unpaired) electrons. The summed E-state index contributed by atoms with van der Waals surface area (Å²) in [4.78, 5) is 41.5. The number of pyridine rings is 2. The lowest BCUT2D eigenvalue weighted by molar-refractivity contribution is 0.652. The van der Waals surface area contributed by atoms with Gasteiger partial charge in [0.25, 0.3) is 0 Å². The zero-order valence-corrected chi connectivity index (χ0v) is 58.8. The fourth-order valence-corrected chi connectivity index (χ4v) is 16.9. The number of hydrogen-bond acceptors (Lipinski definition) is 12. The minimum absolute atomic E-state index is 0.462. The van der Waals surface area contributed by atoms with Gasteiger partial charge in [-0.3, -0.25) is 0 Å². The van der Waals surface area contributed by atoms with E-state index in [0.717, 1.165) is 192 Å². The molecule has 13 heteroatoms. The number of fused-ring (bicyclic) bond motifs is 20. The maximum atomic E-state index is 7.10. The summed E-state index contributed by atoms with van der Waals surface area (Å²) < 4.78 is 29.5. The molecule has 0 aliphatic carbocycles. The molecule has 0 atom stereocenters. The van der Waals surface area contributed by atoms with Gasteiger partial charge in [-0.15, -0.1) is 0 Å². The third kappa shape index (κ3) is 9.49. The molecule has 0 saturated carbocycles. The second kappa shape index (κ2) is 23.6. The van der Waals surface area contributed by atoms with Gasteiger partial charge in [-0.1, -0.05) is 231 Å². The molecule has 24 aromatic rings. The zero-order valence-electron chi connectivity index (χ0n) is 58.8. The van der Waals surface area contributed by atoms with Crippen molar-refractivity contribution in [3.05, 3.63) is 322 Å². The molecule has 0 bridgehead atoms. The van der Waals surface area contributed by atoms with Crippen LogP contribution in [0.4, 0.5) is 0 Å². The van der Waals surface area contributed by atoms with Crippen molar-refractivity contribution in [3.8, 4) is 96.3 Å². The molecule has 514 valence electrons. The van der Waals surface area contributed by atoms with Crippen LogP contribution in [0.1, 0.15) is 0 Å². The Kier molecular flexibility index (Phi) is 12.9. The van der Waals surface area contributed by atoms with Gasteiger partial charge in [0.05, 0.1) is 27.5 Å². The molecule has 0 fully saturated rings. The highest BCUT2D eigenvalue weighted by molar-refractivity contribution is 6.22. The van der Waals surface area contributed by atoms with E-state index in [9.17, 15) is 0 Å². The summed E-state index contributed by atoms with van der Waals surface area (Å²) in [5.41, 5.74) is 17.3. The van der Waals surface area contributed by atoms with Crippen molar-refractivity contribution in [2.75, 3.05) is 0 Å². The molecule has 0 aliphatic rings. The van der Waals surface area contributed by atoms with Crippen molar-refractivity contribution in [3.63, 3.8) is 0 Å². The molecule has 0 amide bonds. The van der Waals surface area contributed by atoms with E-state index >= 15 is 0 Å². The molecule has 15 aromatic carbocycles. The lowest BCUT2D eigenvalue weighted by atomic mass is 9.98. The SMILES string of the molecule is c1ccc(-c2nc(-c3ccc4ccc(-c5ccc6c(c5)c5ccc7ccccc7c5n6-c5cccc6c5oc5nccc(-c7nc(-c8ccc9ccccc9c8)nc(-c8ccc9c(c8)oc8ccccc89)n7)c56)cc4c3)nc(-c3ccnc4oc5c(-c6cccc7c6oc6cc8ccccc8cc67)cccc5c34)n2)cc1. The van der Waals surface area contributed by atoms with Gasteiger partial charge in [0.15, 0.2) is 40.5 Å². The smallest absolute Gasteiger partial charge is 0.228 e. The topological polar surface area (TPSA) is 161 Å². The van der Waals surface area contributed by atoms with Crippen molar-refractivity contribution in [2.24, 2.45) is 0 Å². The molecule has 0 unspecified atom stereocenters. The molecule has 24 rings (SSSR count). The van der Waals surface area contributed by atoms with Crippen LogP contribution in [-0.4, -0.2) is 44.4 Å². The fourth-order valence-electron chi connectivity index (χ4n) is 16.9. The third-order valence-electron chi connectivity index (χ3n) is 22.2. The molecule has 0 spiro atoms. The Morgan fingerprint density at radius 1 is 0.225 bits per heavy atom.